The Morgan fingerprint density at radius 2 is 1.96 bits per heavy atom. The molecule has 0 amide bonds. The number of nitriles is 1. The quantitative estimate of drug-likeness (QED) is 0.837. The molecule has 0 saturated heterocycles. The molecule has 0 atom stereocenters. The van der Waals surface area contributed by atoms with Crippen LogP contribution in [0.2, 0.25) is 0 Å². The zero-order chi connectivity index (χ0) is 17.8. The number of nitrogens with zero attached hydrogens (tertiary/aromatic N) is 3. The molecule has 2 aromatic carbocycles. The summed E-state index contributed by atoms with van der Waals surface area (Å²) in [5.74, 6) is 0.0517. The number of hydrogen-bond donors (Lipinski definition) is 2. The highest BCUT2D eigenvalue weighted by atomic mass is 32.3. The van der Waals surface area contributed by atoms with Crippen LogP contribution in [0.25, 0.3) is 11.1 Å². The van der Waals surface area contributed by atoms with Crippen LogP contribution in [-0.4, -0.2) is 22.7 Å². The summed E-state index contributed by atoms with van der Waals surface area (Å²) < 4.78 is 37.8. The van der Waals surface area contributed by atoms with Gasteiger partial charge in [-0.3, -0.25) is 17.7 Å². The first-order valence-electron chi connectivity index (χ1n) is 8.05. The molecule has 2 aromatic rings. The topological polar surface area (TPSA) is 70.7 Å². The van der Waals surface area contributed by atoms with E-state index in [1.54, 1.807) is 17.4 Å². The molecular weight excluding hydrogens is 341 g/mol. The lowest BCUT2D eigenvalue weighted by Gasteiger charge is -2.42. The van der Waals surface area contributed by atoms with E-state index in [9.17, 15) is 18.8 Å². The Balaban J connectivity index is 1.79. The molecular formula is C18H18FN3O2S. The number of anilines is 2. The van der Waals surface area contributed by atoms with Gasteiger partial charge in [0, 0.05) is 13.6 Å². The standard InChI is InChI=1S/C18H18FN3O2S/c1-21-18-9-13(16-6-5-15(19)8-14(16)10-20)4-7-17(18)22(25(21,23)24)11-12-2-3-12/h4-9,12,23-24H,2-3,11H2,1H3. The van der Waals surface area contributed by atoms with Crippen LogP contribution < -0.4 is 8.61 Å². The minimum Gasteiger partial charge on any atom is -0.264 e. The van der Waals surface area contributed by atoms with Gasteiger partial charge in [0.25, 0.3) is 0 Å². The summed E-state index contributed by atoms with van der Waals surface area (Å²) in [6.45, 7) is 0.624. The number of rotatable bonds is 3. The summed E-state index contributed by atoms with van der Waals surface area (Å²) in [7, 11) is -1.41. The number of halogens is 1. The molecule has 130 valence electrons. The molecule has 0 aromatic heterocycles. The van der Waals surface area contributed by atoms with Crippen molar-refractivity contribution in [1.29, 1.82) is 5.26 Å². The van der Waals surface area contributed by atoms with Crippen LogP contribution in [0.1, 0.15) is 18.4 Å². The molecule has 2 N–H and O–H groups in total. The average molecular weight is 359 g/mol. The summed E-state index contributed by atoms with van der Waals surface area (Å²) in [6.07, 6.45) is 2.23. The van der Waals surface area contributed by atoms with E-state index < -0.39 is 16.8 Å². The molecule has 0 radical (unpaired) electrons. The monoisotopic (exact) mass is 359 g/mol. The zero-order valence-corrected chi connectivity index (χ0v) is 14.5. The maximum atomic E-state index is 13.4. The van der Waals surface area contributed by atoms with E-state index in [0.29, 0.717) is 23.7 Å². The Bertz CT molecular complexity index is 892. The van der Waals surface area contributed by atoms with Gasteiger partial charge in [0.2, 0.25) is 0 Å². The number of fused-ring (bicyclic) bond motifs is 1. The maximum absolute atomic E-state index is 13.4. The Morgan fingerprint density at radius 1 is 1.20 bits per heavy atom. The van der Waals surface area contributed by atoms with Gasteiger partial charge in [-0.1, -0.05) is 12.1 Å². The molecule has 1 fully saturated rings. The highest BCUT2D eigenvalue weighted by molar-refractivity contribution is 8.26. The van der Waals surface area contributed by atoms with Gasteiger partial charge in [0.05, 0.1) is 23.0 Å². The largest absolute Gasteiger partial charge is 0.264 e. The number of hydrogen-bond acceptors (Lipinski definition) is 5. The predicted octanol–water partition coefficient (Wildman–Crippen LogP) is 4.61. The maximum Gasteiger partial charge on any atom is 0.124 e. The lowest BCUT2D eigenvalue weighted by Crippen LogP contribution is -2.32. The van der Waals surface area contributed by atoms with Crippen LogP contribution in [0.3, 0.4) is 0 Å². The fourth-order valence-electron chi connectivity index (χ4n) is 3.16. The van der Waals surface area contributed by atoms with Gasteiger partial charge < -0.3 is 0 Å². The fourth-order valence-corrected chi connectivity index (χ4v) is 4.69. The van der Waals surface area contributed by atoms with Gasteiger partial charge >= 0.3 is 0 Å². The third-order valence-corrected chi connectivity index (χ3v) is 6.65. The van der Waals surface area contributed by atoms with Gasteiger partial charge in [-0.05, 0) is 65.1 Å². The van der Waals surface area contributed by atoms with E-state index in [-0.39, 0.29) is 5.56 Å². The van der Waals surface area contributed by atoms with E-state index in [1.165, 1.54) is 16.4 Å². The van der Waals surface area contributed by atoms with Crippen molar-refractivity contribution < 1.29 is 13.5 Å². The number of benzene rings is 2. The molecule has 1 heterocycles. The van der Waals surface area contributed by atoms with Crippen LogP contribution in [0.15, 0.2) is 36.4 Å². The summed E-state index contributed by atoms with van der Waals surface area (Å²) in [5, 5.41) is 9.27. The second-order valence-electron chi connectivity index (χ2n) is 6.50. The van der Waals surface area contributed by atoms with E-state index >= 15 is 0 Å². The highest BCUT2D eigenvalue weighted by Crippen LogP contribution is 2.61. The van der Waals surface area contributed by atoms with Crippen molar-refractivity contribution in [3.8, 4) is 17.2 Å². The summed E-state index contributed by atoms with van der Waals surface area (Å²) >= 11 is 0. The molecule has 0 bridgehead atoms. The molecule has 1 aliphatic carbocycles. The predicted molar refractivity (Wildman–Crippen MR) is 97.9 cm³/mol. The van der Waals surface area contributed by atoms with Gasteiger partial charge in [-0.2, -0.15) is 5.26 Å². The molecule has 0 unspecified atom stereocenters. The van der Waals surface area contributed by atoms with Crippen molar-refractivity contribution in [3.05, 3.63) is 47.8 Å². The minimum absolute atomic E-state index is 0.252. The van der Waals surface area contributed by atoms with Crippen LogP contribution in [0.4, 0.5) is 15.8 Å². The highest BCUT2D eigenvalue weighted by Gasteiger charge is 2.41. The van der Waals surface area contributed by atoms with Gasteiger partial charge in [-0.15, -0.1) is 0 Å². The average Bonchev–Trinajstić information content (AvgIpc) is 3.39. The molecule has 25 heavy (non-hydrogen) atoms. The van der Waals surface area contributed by atoms with Crippen LogP contribution in [0.5, 0.6) is 0 Å². The Kier molecular flexibility index (Phi) is 3.65. The van der Waals surface area contributed by atoms with Crippen molar-refractivity contribution in [3.63, 3.8) is 0 Å². The fraction of sp³-hybridized carbons (Fsp3) is 0.278. The first-order chi connectivity index (χ1) is 11.9. The van der Waals surface area contributed by atoms with Crippen molar-refractivity contribution in [2.24, 2.45) is 5.92 Å². The summed E-state index contributed by atoms with van der Waals surface area (Å²) in [6, 6.07) is 11.6. The first kappa shape index (κ1) is 16.2. The minimum atomic E-state index is -3.06. The summed E-state index contributed by atoms with van der Waals surface area (Å²) in [4.78, 5) is 0. The Morgan fingerprint density at radius 3 is 2.64 bits per heavy atom. The molecule has 0 spiro atoms. The first-order valence-corrected chi connectivity index (χ1v) is 9.51. The van der Waals surface area contributed by atoms with Crippen LogP contribution in [-0.2, 0) is 0 Å². The summed E-state index contributed by atoms with van der Waals surface area (Å²) in [5.41, 5.74) is 3.09. The van der Waals surface area contributed by atoms with E-state index in [4.69, 9.17) is 0 Å². The van der Waals surface area contributed by atoms with E-state index in [1.807, 2.05) is 24.3 Å². The molecule has 2 aliphatic rings. The van der Waals surface area contributed by atoms with Crippen LogP contribution >= 0.6 is 11.0 Å². The van der Waals surface area contributed by atoms with Gasteiger partial charge in [-0.25, -0.2) is 4.39 Å². The molecule has 1 aliphatic heterocycles. The van der Waals surface area contributed by atoms with Crippen molar-refractivity contribution in [2.75, 3.05) is 22.2 Å². The SMILES string of the molecule is CN1c2cc(-c3ccc(F)cc3C#N)ccc2N(CC2CC2)S1(O)O. The molecule has 1 saturated carbocycles. The van der Waals surface area contributed by atoms with Crippen LogP contribution in [0, 0.1) is 23.1 Å². The third-order valence-electron chi connectivity index (χ3n) is 4.78. The van der Waals surface area contributed by atoms with Crippen molar-refractivity contribution in [1.82, 2.24) is 0 Å². The normalized spacial score (nSPS) is 19.5. The zero-order valence-electron chi connectivity index (χ0n) is 13.7. The van der Waals surface area contributed by atoms with E-state index in [2.05, 4.69) is 0 Å². The van der Waals surface area contributed by atoms with E-state index in [0.717, 1.165) is 24.1 Å². The Hall–Kier alpha value is -2.27. The van der Waals surface area contributed by atoms with Crippen molar-refractivity contribution in [2.45, 2.75) is 12.8 Å². The smallest absolute Gasteiger partial charge is 0.124 e. The molecule has 4 rings (SSSR count). The van der Waals surface area contributed by atoms with Gasteiger partial charge in [0.15, 0.2) is 0 Å². The second-order valence-corrected chi connectivity index (χ2v) is 8.47. The lowest BCUT2D eigenvalue weighted by molar-refractivity contribution is 0.481. The Labute approximate surface area is 147 Å². The third kappa shape index (κ3) is 2.63. The van der Waals surface area contributed by atoms with Gasteiger partial charge in [0.1, 0.15) is 5.82 Å². The molecule has 7 heteroatoms. The van der Waals surface area contributed by atoms with Crippen molar-refractivity contribution >= 4 is 22.3 Å². The lowest BCUT2D eigenvalue weighted by atomic mass is 9.99. The molecule has 5 nitrogen and oxygen atoms in total. The second kappa shape index (κ2) is 5.63.